The summed E-state index contributed by atoms with van der Waals surface area (Å²) in [5.74, 6) is 1.52. The first kappa shape index (κ1) is 19.6. The van der Waals surface area contributed by atoms with Crippen LogP contribution in [-0.2, 0) is 23.4 Å². The summed E-state index contributed by atoms with van der Waals surface area (Å²) < 4.78 is 11.3. The van der Waals surface area contributed by atoms with E-state index >= 15 is 0 Å². The van der Waals surface area contributed by atoms with Gasteiger partial charge in [0, 0.05) is 37.6 Å². The monoisotopic (exact) mass is 378 g/mol. The molecule has 0 aromatic carbocycles. The van der Waals surface area contributed by atoms with E-state index in [0.29, 0.717) is 5.76 Å². The van der Waals surface area contributed by atoms with Crippen LogP contribution in [0.4, 0.5) is 0 Å². The maximum absolute atomic E-state index is 10.1. The molecule has 144 valence electrons. The van der Waals surface area contributed by atoms with Crippen molar-refractivity contribution in [3.8, 4) is 0 Å². The van der Waals surface area contributed by atoms with Gasteiger partial charge in [-0.3, -0.25) is 9.80 Å². The maximum Gasteiger partial charge on any atom is 0.135 e. The van der Waals surface area contributed by atoms with E-state index in [1.54, 1.807) is 13.8 Å². The molecule has 0 bridgehead atoms. The molecule has 0 amide bonds. The maximum atomic E-state index is 10.1. The first-order valence-corrected chi connectivity index (χ1v) is 10.2. The Kier molecular flexibility index (Phi) is 6.53. The van der Waals surface area contributed by atoms with Crippen LogP contribution in [0.5, 0.6) is 0 Å². The summed E-state index contributed by atoms with van der Waals surface area (Å²) in [6.45, 7) is 13.0. The Labute approximate surface area is 160 Å². The molecule has 1 fully saturated rings. The zero-order valence-electron chi connectivity index (χ0n) is 16.0. The van der Waals surface area contributed by atoms with Crippen molar-refractivity contribution in [2.45, 2.75) is 39.5 Å². The molecule has 3 heterocycles. The molecule has 0 saturated carbocycles. The minimum absolute atomic E-state index is 0.618. The van der Waals surface area contributed by atoms with E-state index in [1.165, 1.54) is 10.4 Å². The molecule has 5 nitrogen and oxygen atoms in total. The molecule has 0 radical (unpaired) electrons. The highest BCUT2D eigenvalue weighted by atomic mass is 32.1. The van der Waals surface area contributed by atoms with E-state index < -0.39 is 5.60 Å². The van der Waals surface area contributed by atoms with Crippen LogP contribution in [0.15, 0.2) is 28.0 Å². The van der Waals surface area contributed by atoms with Gasteiger partial charge in [0.15, 0.2) is 0 Å². The zero-order chi connectivity index (χ0) is 18.6. The van der Waals surface area contributed by atoms with Crippen molar-refractivity contribution in [2.24, 2.45) is 0 Å². The van der Waals surface area contributed by atoms with Crippen molar-refractivity contribution in [3.05, 3.63) is 45.5 Å². The van der Waals surface area contributed by atoms with Crippen LogP contribution in [-0.4, -0.2) is 54.3 Å². The van der Waals surface area contributed by atoms with Crippen LogP contribution in [0.25, 0.3) is 0 Å². The van der Waals surface area contributed by atoms with Gasteiger partial charge in [0.1, 0.15) is 17.1 Å². The highest BCUT2D eigenvalue weighted by Crippen LogP contribution is 2.24. The Balaban J connectivity index is 1.65. The van der Waals surface area contributed by atoms with E-state index in [9.17, 15) is 5.11 Å². The minimum Gasteiger partial charge on any atom is -0.462 e. The fourth-order valence-electron chi connectivity index (χ4n) is 3.10. The smallest absolute Gasteiger partial charge is 0.135 e. The van der Waals surface area contributed by atoms with Crippen molar-refractivity contribution < 1.29 is 14.3 Å². The number of nitrogens with zero attached hydrogens (tertiary/aromatic N) is 2. The third-order valence-corrected chi connectivity index (χ3v) is 5.82. The summed E-state index contributed by atoms with van der Waals surface area (Å²) in [7, 11) is 0. The number of hydrogen-bond acceptors (Lipinski definition) is 6. The Bertz CT molecular complexity index is 683. The van der Waals surface area contributed by atoms with Gasteiger partial charge in [0.25, 0.3) is 0 Å². The normalized spacial score (nSPS) is 16.5. The van der Waals surface area contributed by atoms with E-state index in [0.717, 1.165) is 58.2 Å². The summed E-state index contributed by atoms with van der Waals surface area (Å²) in [6.07, 6.45) is 0. The molecular weight excluding hydrogens is 348 g/mol. The molecule has 1 aliphatic rings. The third kappa shape index (κ3) is 5.41. The quantitative estimate of drug-likeness (QED) is 0.764. The lowest BCUT2D eigenvalue weighted by molar-refractivity contribution is 0.0316. The summed E-state index contributed by atoms with van der Waals surface area (Å²) >= 11 is 1.81. The van der Waals surface area contributed by atoms with E-state index in [1.807, 2.05) is 23.5 Å². The molecule has 0 spiro atoms. The fraction of sp³-hybridized carbons (Fsp3) is 0.600. The van der Waals surface area contributed by atoms with Crippen LogP contribution >= 0.6 is 11.3 Å². The molecule has 26 heavy (non-hydrogen) atoms. The van der Waals surface area contributed by atoms with Gasteiger partial charge in [-0.15, -0.1) is 11.3 Å². The second-order valence-corrected chi connectivity index (χ2v) is 8.52. The van der Waals surface area contributed by atoms with E-state index in [4.69, 9.17) is 9.15 Å². The highest BCUT2D eigenvalue weighted by molar-refractivity contribution is 7.10. The van der Waals surface area contributed by atoms with Gasteiger partial charge >= 0.3 is 0 Å². The fourth-order valence-corrected chi connectivity index (χ4v) is 4.05. The van der Waals surface area contributed by atoms with Crippen molar-refractivity contribution >= 4 is 11.3 Å². The Morgan fingerprint density at radius 2 is 1.96 bits per heavy atom. The topological polar surface area (TPSA) is 49.1 Å². The third-order valence-electron chi connectivity index (χ3n) is 4.82. The number of ether oxygens (including phenoxy) is 1. The summed E-state index contributed by atoms with van der Waals surface area (Å²) in [6, 6.07) is 6.04. The Hall–Kier alpha value is -1.18. The van der Waals surface area contributed by atoms with Crippen LogP contribution in [0.1, 0.15) is 35.8 Å². The number of thiophene rings is 1. The molecule has 2 aromatic rings. The SMILES string of the molecule is Cc1ccsc1CN(CCN1CCOCC1)Cc1ccc(C(C)(C)O)o1. The second-order valence-electron chi connectivity index (χ2n) is 7.52. The number of aryl methyl sites for hydroxylation is 1. The zero-order valence-corrected chi connectivity index (χ0v) is 16.8. The molecule has 1 aliphatic heterocycles. The lowest BCUT2D eigenvalue weighted by atomic mass is 10.1. The largest absolute Gasteiger partial charge is 0.462 e. The average molecular weight is 379 g/mol. The first-order valence-electron chi connectivity index (χ1n) is 9.29. The van der Waals surface area contributed by atoms with Gasteiger partial charge in [0.05, 0.1) is 19.8 Å². The number of hydrogen-bond donors (Lipinski definition) is 1. The summed E-state index contributed by atoms with van der Waals surface area (Å²) in [5, 5.41) is 12.3. The van der Waals surface area contributed by atoms with E-state index in [-0.39, 0.29) is 0 Å². The van der Waals surface area contributed by atoms with Gasteiger partial charge in [-0.1, -0.05) is 0 Å². The second kappa shape index (κ2) is 8.67. The van der Waals surface area contributed by atoms with Crippen LogP contribution in [0.3, 0.4) is 0 Å². The van der Waals surface area contributed by atoms with Gasteiger partial charge in [-0.2, -0.15) is 0 Å². The Morgan fingerprint density at radius 3 is 2.58 bits per heavy atom. The molecule has 6 heteroatoms. The molecule has 0 unspecified atom stereocenters. The summed E-state index contributed by atoms with van der Waals surface area (Å²) in [5.41, 5.74) is 0.407. The van der Waals surface area contributed by atoms with Crippen LogP contribution in [0.2, 0.25) is 0 Å². The van der Waals surface area contributed by atoms with Gasteiger partial charge in [0.2, 0.25) is 0 Å². The standard InChI is InChI=1S/C20H30N2O3S/c1-16-6-13-26-18(16)15-22(8-7-21-9-11-24-12-10-21)14-17-4-5-19(25-17)20(2,3)23/h4-6,13,23H,7-12,14-15H2,1-3H3. The molecule has 2 aromatic heterocycles. The predicted octanol–water partition coefficient (Wildman–Crippen LogP) is 3.21. The molecule has 0 atom stereocenters. The number of furan rings is 1. The van der Waals surface area contributed by atoms with Gasteiger partial charge in [-0.25, -0.2) is 0 Å². The summed E-state index contributed by atoms with van der Waals surface area (Å²) in [4.78, 5) is 6.30. The molecule has 1 saturated heterocycles. The van der Waals surface area contributed by atoms with Crippen molar-refractivity contribution in [2.75, 3.05) is 39.4 Å². The number of rotatable bonds is 8. The highest BCUT2D eigenvalue weighted by Gasteiger charge is 2.21. The number of morpholine rings is 1. The van der Waals surface area contributed by atoms with Gasteiger partial charge in [-0.05, 0) is 49.9 Å². The lowest BCUT2D eigenvalue weighted by Crippen LogP contribution is -2.41. The molecule has 0 aliphatic carbocycles. The van der Waals surface area contributed by atoms with E-state index in [2.05, 4.69) is 28.2 Å². The Morgan fingerprint density at radius 1 is 1.19 bits per heavy atom. The van der Waals surface area contributed by atoms with Crippen molar-refractivity contribution in [1.29, 1.82) is 0 Å². The van der Waals surface area contributed by atoms with Crippen LogP contribution < -0.4 is 0 Å². The van der Waals surface area contributed by atoms with Crippen molar-refractivity contribution in [1.82, 2.24) is 9.80 Å². The average Bonchev–Trinajstić information content (AvgIpc) is 3.23. The minimum atomic E-state index is -0.943. The van der Waals surface area contributed by atoms with Gasteiger partial charge < -0.3 is 14.3 Å². The molecule has 1 N–H and O–H groups in total. The lowest BCUT2D eigenvalue weighted by Gasteiger charge is -2.29. The number of aliphatic hydroxyl groups is 1. The van der Waals surface area contributed by atoms with Crippen LogP contribution in [0, 0.1) is 6.92 Å². The van der Waals surface area contributed by atoms with Crippen molar-refractivity contribution in [3.63, 3.8) is 0 Å². The first-order chi connectivity index (χ1) is 12.4. The molecular formula is C20H30N2O3S. The predicted molar refractivity (Wildman–Crippen MR) is 104 cm³/mol. The molecule has 3 rings (SSSR count).